The van der Waals surface area contributed by atoms with Crippen LogP contribution in [0.1, 0.15) is 20.8 Å². The van der Waals surface area contributed by atoms with E-state index in [0.29, 0.717) is 0 Å². The molecular weight excluding hydrogens is 352 g/mol. The minimum absolute atomic E-state index is 0.234. The lowest BCUT2D eigenvalue weighted by atomic mass is 9.75. The molecule has 0 aromatic heterocycles. The van der Waals surface area contributed by atoms with E-state index < -0.39 is 73.6 Å². The van der Waals surface area contributed by atoms with E-state index in [2.05, 4.69) is 0 Å². The standard InChI is InChI=1S/C16H32O10/c1-16(2,3)7(10(20)11(21)8(19)4-17)6-25-15-14(24)13(23)12(22)9(5-18)26-15/h7-15,17-24H,4-6H2,1-3H3/t7?,8-,9-,10-,11-,12-,13+,14-,15+/m1/s1. The lowest BCUT2D eigenvalue weighted by molar-refractivity contribution is -0.306. The van der Waals surface area contributed by atoms with E-state index >= 15 is 0 Å². The first-order valence-electron chi connectivity index (χ1n) is 8.52. The molecule has 1 aliphatic heterocycles. The zero-order chi connectivity index (χ0) is 20.2. The highest BCUT2D eigenvalue weighted by atomic mass is 16.7. The van der Waals surface area contributed by atoms with Crippen LogP contribution in [0.2, 0.25) is 0 Å². The second-order valence-electron chi connectivity index (χ2n) is 7.73. The van der Waals surface area contributed by atoms with Crippen molar-refractivity contribution >= 4 is 0 Å². The van der Waals surface area contributed by atoms with E-state index in [4.69, 9.17) is 14.6 Å². The zero-order valence-corrected chi connectivity index (χ0v) is 15.2. The summed E-state index contributed by atoms with van der Waals surface area (Å²) in [5, 5.41) is 77.5. The molecule has 1 unspecified atom stereocenters. The van der Waals surface area contributed by atoms with E-state index in [-0.39, 0.29) is 6.61 Å². The van der Waals surface area contributed by atoms with E-state index in [1.54, 1.807) is 20.8 Å². The number of rotatable bonds is 8. The first kappa shape index (κ1) is 23.6. The van der Waals surface area contributed by atoms with Gasteiger partial charge in [-0.15, -0.1) is 0 Å². The predicted molar refractivity (Wildman–Crippen MR) is 87.8 cm³/mol. The molecular formula is C16H32O10. The normalized spacial score (nSPS) is 35.0. The van der Waals surface area contributed by atoms with Gasteiger partial charge in [0.25, 0.3) is 0 Å². The van der Waals surface area contributed by atoms with Gasteiger partial charge in [-0.05, 0) is 5.41 Å². The number of hydrogen-bond acceptors (Lipinski definition) is 10. The lowest BCUT2D eigenvalue weighted by Crippen LogP contribution is -2.59. The average molecular weight is 384 g/mol. The van der Waals surface area contributed by atoms with Crippen molar-refractivity contribution in [3.8, 4) is 0 Å². The third kappa shape index (κ3) is 5.55. The van der Waals surface area contributed by atoms with Gasteiger partial charge in [0, 0.05) is 5.92 Å². The molecule has 1 saturated heterocycles. The fourth-order valence-corrected chi connectivity index (χ4v) is 2.84. The first-order chi connectivity index (χ1) is 11.9. The van der Waals surface area contributed by atoms with Crippen molar-refractivity contribution in [1.29, 1.82) is 0 Å². The largest absolute Gasteiger partial charge is 0.394 e. The Morgan fingerprint density at radius 1 is 0.923 bits per heavy atom. The van der Waals surface area contributed by atoms with Crippen molar-refractivity contribution in [3.05, 3.63) is 0 Å². The highest BCUT2D eigenvalue weighted by molar-refractivity contribution is 4.90. The van der Waals surface area contributed by atoms with E-state index in [0.717, 1.165) is 0 Å². The Morgan fingerprint density at radius 2 is 1.50 bits per heavy atom. The highest BCUT2D eigenvalue weighted by Crippen LogP contribution is 2.32. The van der Waals surface area contributed by atoms with E-state index in [9.17, 15) is 35.7 Å². The zero-order valence-electron chi connectivity index (χ0n) is 15.2. The molecule has 0 bridgehead atoms. The van der Waals surface area contributed by atoms with Gasteiger partial charge in [-0.2, -0.15) is 0 Å². The topological polar surface area (TPSA) is 180 Å². The summed E-state index contributed by atoms with van der Waals surface area (Å²) in [6.45, 7) is 3.71. The van der Waals surface area contributed by atoms with Crippen LogP contribution in [0, 0.1) is 11.3 Å². The van der Waals surface area contributed by atoms with Crippen molar-refractivity contribution in [2.24, 2.45) is 11.3 Å². The summed E-state index contributed by atoms with van der Waals surface area (Å²) < 4.78 is 10.7. The van der Waals surface area contributed by atoms with Crippen LogP contribution < -0.4 is 0 Å². The SMILES string of the molecule is CC(C)(C)C(CO[C@H]1O[C@H](CO)[C@@H](O)[C@H](O)[C@H]1O)[C@@H](O)[C@H](O)[C@H](O)CO. The van der Waals surface area contributed by atoms with Crippen LogP contribution in [-0.4, -0.2) is 110 Å². The summed E-state index contributed by atoms with van der Waals surface area (Å²) in [6, 6.07) is 0. The maximum atomic E-state index is 10.4. The Hall–Kier alpha value is -0.400. The molecule has 26 heavy (non-hydrogen) atoms. The average Bonchev–Trinajstić information content (AvgIpc) is 2.58. The van der Waals surface area contributed by atoms with Crippen molar-refractivity contribution in [1.82, 2.24) is 0 Å². The molecule has 156 valence electrons. The molecule has 0 aliphatic carbocycles. The molecule has 9 atom stereocenters. The molecule has 1 aliphatic rings. The van der Waals surface area contributed by atoms with Gasteiger partial charge in [-0.1, -0.05) is 20.8 Å². The van der Waals surface area contributed by atoms with Crippen molar-refractivity contribution in [2.75, 3.05) is 19.8 Å². The van der Waals surface area contributed by atoms with Crippen LogP contribution in [-0.2, 0) is 9.47 Å². The smallest absolute Gasteiger partial charge is 0.186 e. The quantitative estimate of drug-likeness (QED) is 0.209. The maximum Gasteiger partial charge on any atom is 0.186 e. The summed E-state index contributed by atoms with van der Waals surface area (Å²) in [7, 11) is 0. The van der Waals surface area contributed by atoms with Crippen molar-refractivity contribution < 1.29 is 50.3 Å². The van der Waals surface area contributed by atoms with Gasteiger partial charge in [0.15, 0.2) is 6.29 Å². The van der Waals surface area contributed by atoms with Crippen LogP contribution in [0.4, 0.5) is 0 Å². The van der Waals surface area contributed by atoms with Crippen LogP contribution in [0.3, 0.4) is 0 Å². The number of aliphatic hydroxyl groups excluding tert-OH is 8. The molecule has 8 N–H and O–H groups in total. The maximum absolute atomic E-state index is 10.4. The second kappa shape index (κ2) is 9.69. The molecule has 0 aromatic rings. The van der Waals surface area contributed by atoms with Crippen molar-refractivity contribution in [2.45, 2.75) is 69.8 Å². The lowest BCUT2D eigenvalue weighted by Gasteiger charge is -2.42. The molecule has 10 heteroatoms. The molecule has 0 radical (unpaired) electrons. The Kier molecular flexibility index (Phi) is 8.81. The molecule has 1 fully saturated rings. The Morgan fingerprint density at radius 3 is 1.96 bits per heavy atom. The summed E-state index contributed by atoms with van der Waals surface area (Å²) in [5.41, 5.74) is -0.607. The van der Waals surface area contributed by atoms with Gasteiger partial charge in [-0.25, -0.2) is 0 Å². The summed E-state index contributed by atoms with van der Waals surface area (Å²) in [5.74, 6) is -0.744. The number of hydrogen-bond donors (Lipinski definition) is 8. The van der Waals surface area contributed by atoms with Gasteiger partial charge in [0.1, 0.15) is 36.6 Å². The van der Waals surface area contributed by atoms with E-state index in [1.807, 2.05) is 0 Å². The third-order valence-electron chi connectivity index (χ3n) is 4.74. The highest BCUT2D eigenvalue weighted by Gasteiger charge is 2.45. The Labute approximate surface area is 152 Å². The van der Waals surface area contributed by atoms with Crippen LogP contribution >= 0.6 is 0 Å². The monoisotopic (exact) mass is 384 g/mol. The van der Waals surface area contributed by atoms with Crippen LogP contribution in [0.15, 0.2) is 0 Å². The molecule has 1 heterocycles. The Bertz CT molecular complexity index is 412. The third-order valence-corrected chi connectivity index (χ3v) is 4.74. The molecule has 0 spiro atoms. The Balaban J connectivity index is 2.83. The number of aliphatic hydroxyl groups is 8. The second-order valence-corrected chi connectivity index (χ2v) is 7.73. The number of ether oxygens (including phenoxy) is 2. The fourth-order valence-electron chi connectivity index (χ4n) is 2.84. The summed E-state index contributed by atoms with van der Waals surface area (Å²) >= 11 is 0. The van der Waals surface area contributed by atoms with Gasteiger partial charge in [-0.3, -0.25) is 0 Å². The molecule has 0 amide bonds. The molecule has 0 saturated carbocycles. The van der Waals surface area contributed by atoms with Gasteiger partial charge < -0.3 is 50.3 Å². The summed E-state index contributed by atoms with van der Waals surface area (Å²) in [6.07, 6.45) is -11.8. The van der Waals surface area contributed by atoms with Crippen LogP contribution in [0.5, 0.6) is 0 Å². The molecule has 0 aromatic carbocycles. The summed E-state index contributed by atoms with van der Waals surface area (Å²) in [4.78, 5) is 0. The van der Waals surface area contributed by atoms with Gasteiger partial charge in [0.05, 0.1) is 25.9 Å². The minimum Gasteiger partial charge on any atom is -0.394 e. The minimum atomic E-state index is -1.62. The first-order valence-corrected chi connectivity index (χ1v) is 8.52. The van der Waals surface area contributed by atoms with Crippen molar-refractivity contribution in [3.63, 3.8) is 0 Å². The van der Waals surface area contributed by atoms with Crippen LogP contribution in [0.25, 0.3) is 0 Å². The van der Waals surface area contributed by atoms with Gasteiger partial charge >= 0.3 is 0 Å². The predicted octanol–water partition coefficient (Wildman–Crippen LogP) is -3.46. The fraction of sp³-hybridized carbons (Fsp3) is 1.00. The molecule has 10 nitrogen and oxygen atoms in total. The van der Waals surface area contributed by atoms with Gasteiger partial charge in [0.2, 0.25) is 0 Å². The van der Waals surface area contributed by atoms with E-state index in [1.165, 1.54) is 0 Å². The molecule has 1 rings (SSSR count).